The van der Waals surface area contributed by atoms with Gasteiger partial charge in [-0.15, -0.1) is 0 Å². The first-order valence-electron chi connectivity index (χ1n) is 6.69. The van der Waals surface area contributed by atoms with Crippen molar-refractivity contribution in [3.05, 3.63) is 48.3 Å². The molecule has 0 saturated heterocycles. The van der Waals surface area contributed by atoms with Crippen LogP contribution in [0, 0.1) is 0 Å². The fraction of sp³-hybridized carbons (Fsp3) is 0.400. The largest absolute Gasteiger partial charge is 0.309 e. The third-order valence-electron chi connectivity index (χ3n) is 2.91. The molecule has 0 amide bonds. The summed E-state index contributed by atoms with van der Waals surface area (Å²) in [6.45, 7) is 5.34. The molecule has 0 bridgehead atoms. The Bertz CT molecular complexity index is 482. The zero-order chi connectivity index (χ0) is 13.5. The fourth-order valence-corrected chi connectivity index (χ4v) is 2.58. The van der Waals surface area contributed by atoms with Crippen LogP contribution in [0.2, 0.25) is 0 Å². The van der Waals surface area contributed by atoms with Crippen molar-refractivity contribution in [2.75, 3.05) is 11.5 Å². The van der Waals surface area contributed by atoms with Crippen LogP contribution >= 0.6 is 11.8 Å². The van der Waals surface area contributed by atoms with Gasteiger partial charge in [-0.05, 0) is 36.4 Å². The number of hydrogen-bond acceptors (Lipinski definition) is 3. The minimum atomic E-state index is 0.540. The summed E-state index contributed by atoms with van der Waals surface area (Å²) in [5.74, 6) is 2.34. The number of nitrogens with one attached hydrogen (secondary N) is 1. The molecule has 1 N–H and O–H groups in total. The van der Waals surface area contributed by atoms with E-state index in [2.05, 4.69) is 48.5 Å². The average Bonchev–Trinajstić information content (AvgIpc) is 2.97. The van der Waals surface area contributed by atoms with Crippen LogP contribution in [0.3, 0.4) is 0 Å². The molecule has 0 aliphatic heterocycles. The summed E-state index contributed by atoms with van der Waals surface area (Å²) < 4.78 is 1.89. The van der Waals surface area contributed by atoms with Crippen molar-refractivity contribution in [2.24, 2.45) is 0 Å². The van der Waals surface area contributed by atoms with E-state index in [1.807, 2.05) is 28.7 Å². The van der Waals surface area contributed by atoms with Gasteiger partial charge in [-0.1, -0.05) is 19.1 Å². The van der Waals surface area contributed by atoms with Crippen LogP contribution in [0.1, 0.15) is 19.4 Å². The van der Waals surface area contributed by atoms with Gasteiger partial charge in [0.2, 0.25) is 0 Å². The second-order valence-corrected chi connectivity index (χ2v) is 5.88. The molecule has 0 radical (unpaired) electrons. The number of benzene rings is 1. The third-order valence-corrected chi connectivity index (χ3v) is 4.05. The first kappa shape index (κ1) is 14.2. The monoisotopic (exact) mass is 275 g/mol. The van der Waals surface area contributed by atoms with Gasteiger partial charge in [0.25, 0.3) is 0 Å². The van der Waals surface area contributed by atoms with Crippen LogP contribution in [0.25, 0.3) is 5.69 Å². The molecule has 2 rings (SSSR count). The van der Waals surface area contributed by atoms with Crippen LogP contribution in [-0.4, -0.2) is 27.3 Å². The minimum absolute atomic E-state index is 0.540. The summed E-state index contributed by atoms with van der Waals surface area (Å²) in [5, 5.41) is 7.81. The zero-order valence-electron chi connectivity index (χ0n) is 11.5. The molecule has 2 aromatic rings. The molecule has 0 saturated carbocycles. The molecule has 0 fully saturated rings. The van der Waals surface area contributed by atoms with E-state index < -0.39 is 0 Å². The van der Waals surface area contributed by atoms with Crippen LogP contribution in [0.15, 0.2) is 42.7 Å². The van der Waals surface area contributed by atoms with Crippen molar-refractivity contribution in [3.63, 3.8) is 0 Å². The normalized spacial score (nSPS) is 12.5. The van der Waals surface area contributed by atoms with E-state index >= 15 is 0 Å². The molecule has 0 aliphatic rings. The Morgan fingerprint density at radius 1 is 1.37 bits per heavy atom. The van der Waals surface area contributed by atoms with Gasteiger partial charge in [0.15, 0.2) is 0 Å². The molecular formula is C15H21N3S. The van der Waals surface area contributed by atoms with Crippen molar-refractivity contribution >= 4 is 11.8 Å². The highest BCUT2D eigenvalue weighted by Gasteiger charge is 2.02. The summed E-state index contributed by atoms with van der Waals surface area (Å²) in [6, 6.07) is 11.0. The lowest BCUT2D eigenvalue weighted by Gasteiger charge is -2.13. The molecule has 1 heterocycles. The summed E-state index contributed by atoms with van der Waals surface area (Å²) in [4.78, 5) is 0. The first-order valence-corrected chi connectivity index (χ1v) is 7.85. The van der Waals surface area contributed by atoms with Crippen molar-refractivity contribution in [2.45, 2.75) is 26.4 Å². The highest BCUT2D eigenvalue weighted by atomic mass is 32.2. The summed E-state index contributed by atoms with van der Waals surface area (Å²) >= 11 is 1.98. The van der Waals surface area contributed by atoms with E-state index in [1.165, 1.54) is 11.3 Å². The Morgan fingerprint density at radius 2 is 2.26 bits per heavy atom. The number of rotatable bonds is 7. The first-order chi connectivity index (χ1) is 9.29. The van der Waals surface area contributed by atoms with E-state index in [9.17, 15) is 0 Å². The lowest BCUT2D eigenvalue weighted by Crippen LogP contribution is -2.27. The number of nitrogens with zero attached hydrogens (tertiary/aromatic N) is 2. The molecule has 0 spiro atoms. The molecule has 4 heteroatoms. The third kappa shape index (κ3) is 4.40. The number of aromatic nitrogens is 2. The average molecular weight is 275 g/mol. The van der Waals surface area contributed by atoms with Gasteiger partial charge in [-0.3, -0.25) is 0 Å². The van der Waals surface area contributed by atoms with Crippen molar-refractivity contribution in [1.82, 2.24) is 15.1 Å². The number of hydrogen-bond donors (Lipinski definition) is 1. The smallest absolute Gasteiger partial charge is 0.0648 e. The lowest BCUT2D eigenvalue weighted by molar-refractivity contribution is 0.595. The van der Waals surface area contributed by atoms with Gasteiger partial charge in [-0.2, -0.15) is 16.9 Å². The van der Waals surface area contributed by atoms with E-state index in [4.69, 9.17) is 0 Å². The van der Waals surface area contributed by atoms with Gasteiger partial charge in [0, 0.05) is 30.7 Å². The van der Waals surface area contributed by atoms with Crippen LogP contribution in [-0.2, 0) is 6.54 Å². The van der Waals surface area contributed by atoms with Crippen molar-refractivity contribution < 1.29 is 0 Å². The molecule has 3 nitrogen and oxygen atoms in total. The molecule has 0 unspecified atom stereocenters. The van der Waals surface area contributed by atoms with Crippen molar-refractivity contribution in [3.8, 4) is 5.69 Å². The second kappa shape index (κ2) is 7.36. The van der Waals surface area contributed by atoms with E-state index in [1.54, 1.807) is 6.20 Å². The maximum atomic E-state index is 4.26. The summed E-state index contributed by atoms with van der Waals surface area (Å²) in [5.41, 5.74) is 2.40. The van der Waals surface area contributed by atoms with Gasteiger partial charge in [-0.25, -0.2) is 4.68 Å². The van der Waals surface area contributed by atoms with Gasteiger partial charge >= 0.3 is 0 Å². The van der Waals surface area contributed by atoms with Gasteiger partial charge in [0.1, 0.15) is 0 Å². The second-order valence-electron chi connectivity index (χ2n) is 4.56. The lowest BCUT2D eigenvalue weighted by atomic mass is 10.2. The maximum absolute atomic E-state index is 4.26. The topological polar surface area (TPSA) is 29.9 Å². The Kier molecular flexibility index (Phi) is 5.48. The Labute approximate surface area is 119 Å². The quantitative estimate of drug-likeness (QED) is 0.842. The molecule has 102 valence electrons. The standard InChI is InChI=1S/C15H21N3S/c1-3-19-12-13(2)16-11-14-6-4-7-15(10-14)18-9-5-8-17-18/h4-10,13,16H,3,11-12H2,1-2H3/t13-/m0/s1. The Hall–Kier alpha value is -1.26. The summed E-state index contributed by atoms with van der Waals surface area (Å²) in [6.07, 6.45) is 3.77. The number of thioether (sulfide) groups is 1. The molecule has 1 aromatic carbocycles. The molecule has 19 heavy (non-hydrogen) atoms. The minimum Gasteiger partial charge on any atom is -0.309 e. The molecular weight excluding hydrogens is 254 g/mol. The Morgan fingerprint density at radius 3 is 3.00 bits per heavy atom. The fourth-order valence-electron chi connectivity index (χ4n) is 1.88. The van der Waals surface area contributed by atoms with Crippen LogP contribution in [0.4, 0.5) is 0 Å². The van der Waals surface area contributed by atoms with E-state index in [0.29, 0.717) is 6.04 Å². The van der Waals surface area contributed by atoms with E-state index in [0.717, 1.165) is 18.0 Å². The zero-order valence-corrected chi connectivity index (χ0v) is 12.4. The molecule has 0 aliphatic carbocycles. The maximum Gasteiger partial charge on any atom is 0.0648 e. The highest BCUT2D eigenvalue weighted by Crippen LogP contribution is 2.10. The highest BCUT2D eigenvalue weighted by molar-refractivity contribution is 7.99. The summed E-state index contributed by atoms with van der Waals surface area (Å²) in [7, 11) is 0. The van der Waals surface area contributed by atoms with Crippen molar-refractivity contribution in [1.29, 1.82) is 0 Å². The van der Waals surface area contributed by atoms with Gasteiger partial charge < -0.3 is 5.32 Å². The van der Waals surface area contributed by atoms with Crippen LogP contribution in [0.5, 0.6) is 0 Å². The van der Waals surface area contributed by atoms with E-state index in [-0.39, 0.29) is 0 Å². The molecule has 1 atom stereocenters. The van der Waals surface area contributed by atoms with Gasteiger partial charge in [0.05, 0.1) is 5.69 Å². The SMILES string of the molecule is CCSC[C@H](C)NCc1cccc(-n2cccn2)c1. The molecule has 1 aromatic heterocycles. The predicted octanol–water partition coefficient (Wildman–Crippen LogP) is 3.10. The Balaban J connectivity index is 1.92. The predicted molar refractivity (Wildman–Crippen MR) is 82.9 cm³/mol. The van der Waals surface area contributed by atoms with Crippen LogP contribution < -0.4 is 5.32 Å².